The molecule has 1 aromatic rings. The van der Waals surface area contributed by atoms with Crippen LogP contribution in [0, 0.1) is 19.8 Å². The van der Waals surface area contributed by atoms with Crippen molar-refractivity contribution >= 4 is 17.6 Å². The lowest BCUT2D eigenvalue weighted by atomic mass is 9.75. The van der Waals surface area contributed by atoms with E-state index in [4.69, 9.17) is 0 Å². The molecule has 24 heavy (non-hydrogen) atoms. The monoisotopic (exact) mass is 339 g/mol. The van der Waals surface area contributed by atoms with Crippen molar-refractivity contribution in [3.05, 3.63) is 41.0 Å². The Morgan fingerprint density at radius 2 is 1.83 bits per heavy atom. The van der Waals surface area contributed by atoms with Crippen LogP contribution in [-0.2, 0) is 9.59 Å². The third-order valence-corrected chi connectivity index (χ3v) is 4.82. The van der Waals surface area contributed by atoms with Crippen molar-refractivity contribution in [3.8, 4) is 0 Å². The number of carbonyl (C=O) groups excluding carboxylic acids is 1. The minimum atomic E-state index is -5.14. The van der Waals surface area contributed by atoms with Gasteiger partial charge >= 0.3 is 18.1 Å². The molecule has 0 unspecified atom stereocenters. The Morgan fingerprint density at radius 1 is 1.21 bits per heavy atom. The second-order valence-corrected chi connectivity index (χ2v) is 6.27. The smallest absolute Gasteiger partial charge is 0.471 e. The molecule has 0 radical (unpaired) electrons. The van der Waals surface area contributed by atoms with Gasteiger partial charge < -0.3 is 5.11 Å². The predicted octanol–water partition coefficient (Wildman–Crippen LogP) is 3.33. The van der Waals surface area contributed by atoms with E-state index in [0.29, 0.717) is 22.4 Å². The minimum absolute atomic E-state index is 0.0810. The summed E-state index contributed by atoms with van der Waals surface area (Å²) in [6.45, 7) is 3.35. The maximum absolute atomic E-state index is 13.1. The fourth-order valence-electron chi connectivity index (χ4n) is 3.85. The SMILES string of the molecule is Cc1ccc(C)c2c1[C@H]1C=CC[C@H]1[C@@H](C(=O)O)N2C(=O)C(F)(F)F. The Hall–Kier alpha value is -2.31. The molecule has 0 saturated heterocycles. The van der Waals surface area contributed by atoms with Crippen LogP contribution >= 0.6 is 0 Å². The quantitative estimate of drug-likeness (QED) is 0.799. The molecule has 4 nitrogen and oxygen atoms in total. The number of hydrogen-bond donors (Lipinski definition) is 1. The van der Waals surface area contributed by atoms with E-state index < -0.39 is 30.0 Å². The summed E-state index contributed by atoms with van der Waals surface area (Å²) in [5.41, 5.74) is 1.90. The van der Waals surface area contributed by atoms with Gasteiger partial charge in [-0.1, -0.05) is 24.3 Å². The predicted molar refractivity (Wildman–Crippen MR) is 80.9 cm³/mol. The molecule has 0 bridgehead atoms. The van der Waals surface area contributed by atoms with Gasteiger partial charge in [0.15, 0.2) is 0 Å². The van der Waals surface area contributed by atoms with E-state index in [1.807, 2.05) is 6.08 Å². The van der Waals surface area contributed by atoms with Gasteiger partial charge in [-0.2, -0.15) is 13.2 Å². The zero-order valence-electron chi connectivity index (χ0n) is 13.1. The Morgan fingerprint density at radius 3 is 2.42 bits per heavy atom. The molecule has 1 aromatic carbocycles. The highest BCUT2D eigenvalue weighted by Gasteiger charge is 2.54. The summed E-state index contributed by atoms with van der Waals surface area (Å²) in [6, 6.07) is 1.87. The highest BCUT2D eigenvalue weighted by atomic mass is 19.4. The van der Waals surface area contributed by atoms with Crippen LogP contribution in [0.15, 0.2) is 24.3 Å². The summed E-state index contributed by atoms with van der Waals surface area (Å²) in [5.74, 6) is -4.44. The molecule has 7 heteroatoms. The maximum atomic E-state index is 13.1. The van der Waals surface area contributed by atoms with E-state index in [9.17, 15) is 27.9 Å². The Labute approximate surface area is 136 Å². The molecule has 0 fully saturated rings. The number of allylic oxidation sites excluding steroid dienone is 2. The molecule has 0 aromatic heterocycles. The van der Waals surface area contributed by atoms with E-state index in [0.717, 1.165) is 5.56 Å². The highest BCUT2D eigenvalue weighted by Crippen LogP contribution is 2.50. The summed E-state index contributed by atoms with van der Waals surface area (Å²) < 4.78 is 39.4. The van der Waals surface area contributed by atoms with Gasteiger partial charge in [0.2, 0.25) is 0 Å². The fraction of sp³-hybridized carbons (Fsp3) is 0.412. The van der Waals surface area contributed by atoms with Crippen LogP contribution in [-0.4, -0.2) is 29.2 Å². The molecule has 3 atom stereocenters. The Kier molecular flexibility index (Phi) is 3.69. The number of carboxylic acids is 1. The van der Waals surface area contributed by atoms with Crippen molar-refractivity contribution in [1.29, 1.82) is 0 Å². The Bertz CT molecular complexity index is 754. The Balaban J connectivity index is 2.30. The first-order valence-corrected chi connectivity index (χ1v) is 7.54. The van der Waals surface area contributed by atoms with Crippen LogP contribution in [0.2, 0.25) is 0 Å². The number of carbonyl (C=O) groups is 2. The topological polar surface area (TPSA) is 57.6 Å². The van der Waals surface area contributed by atoms with E-state index in [1.165, 1.54) is 0 Å². The number of benzene rings is 1. The zero-order valence-corrected chi connectivity index (χ0v) is 13.1. The number of amides is 1. The van der Waals surface area contributed by atoms with Gasteiger partial charge in [-0.3, -0.25) is 9.69 Å². The lowest BCUT2D eigenvalue weighted by Crippen LogP contribution is -2.57. The van der Waals surface area contributed by atoms with E-state index >= 15 is 0 Å². The number of aryl methyl sites for hydroxylation is 2. The molecule has 1 aliphatic heterocycles. The lowest BCUT2D eigenvalue weighted by molar-refractivity contribution is -0.172. The van der Waals surface area contributed by atoms with Crippen LogP contribution in [0.3, 0.4) is 0 Å². The maximum Gasteiger partial charge on any atom is 0.471 e. The molecule has 1 amide bonds. The normalized spacial score (nSPS) is 25.4. The van der Waals surface area contributed by atoms with E-state index in [2.05, 4.69) is 0 Å². The molecule has 1 heterocycles. The van der Waals surface area contributed by atoms with Crippen molar-refractivity contribution in [2.75, 3.05) is 4.90 Å². The molecule has 128 valence electrons. The van der Waals surface area contributed by atoms with Crippen molar-refractivity contribution in [2.24, 2.45) is 5.92 Å². The van der Waals surface area contributed by atoms with Gasteiger partial charge in [-0.05, 0) is 37.0 Å². The molecule has 1 aliphatic carbocycles. The number of hydrogen-bond acceptors (Lipinski definition) is 2. The molecule has 0 saturated carbocycles. The van der Waals surface area contributed by atoms with Crippen molar-refractivity contribution in [1.82, 2.24) is 0 Å². The van der Waals surface area contributed by atoms with Crippen molar-refractivity contribution in [2.45, 2.75) is 38.4 Å². The summed E-state index contributed by atoms with van der Waals surface area (Å²) in [6.07, 6.45) is -1.20. The first-order chi connectivity index (χ1) is 11.1. The second kappa shape index (κ2) is 5.36. The van der Waals surface area contributed by atoms with Crippen molar-refractivity contribution in [3.63, 3.8) is 0 Å². The van der Waals surface area contributed by atoms with Crippen LogP contribution < -0.4 is 4.90 Å². The van der Waals surface area contributed by atoms with Gasteiger partial charge in [0.05, 0.1) is 5.69 Å². The standard InChI is InChI=1S/C17H16F3NO3/c1-8-6-7-9(2)13-12(8)10-4-3-5-11(10)14(15(22)23)21(13)16(24)17(18,19)20/h3-4,6-7,10-11,14H,5H2,1-2H3,(H,22,23)/t10-,11+,14-/m0/s1. The van der Waals surface area contributed by atoms with E-state index in [-0.39, 0.29) is 11.6 Å². The minimum Gasteiger partial charge on any atom is -0.480 e. The number of anilines is 1. The van der Waals surface area contributed by atoms with Gasteiger partial charge in [-0.25, -0.2) is 4.79 Å². The second-order valence-electron chi connectivity index (χ2n) is 6.27. The van der Waals surface area contributed by atoms with Crippen LogP contribution in [0.4, 0.5) is 18.9 Å². The summed E-state index contributed by atoms with van der Waals surface area (Å²) >= 11 is 0. The number of halogens is 3. The summed E-state index contributed by atoms with van der Waals surface area (Å²) in [7, 11) is 0. The number of fused-ring (bicyclic) bond motifs is 3. The lowest BCUT2D eigenvalue weighted by Gasteiger charge is -2.43. The fourth-order valence-corrected chi connectivity index (χ4v) is 3.85. The number of aliphatic carboxylic acids is 1. The third-order valence-electron chi connectivity index (χ3n) is 4.82. The highest BCUT2D eigenvalue weighted by molar-refractivity contribution is 6.04. The molecular formula is C17H16F3NO3. The van der Waals surface area contributed by atoms with Crippen molar-refractivity contribution < 1.29 is 27.9 Å². The average molecular weight is 339 g/mol. The molecule has 1 N–H and O–H groups in total. The molecule has 3 rings (SSSR count). The van der Waals surface area contributed by atoms with Gasteiger partial charge in [0.25, 0.3) is 0 Å². The van der Waals surface area contributed by atoms with Gasteiger partial charge in [0, 0.05) is 11.8 Å². The van der Waals surface area contributed by atoms with Crippen LogP contribution in [0.1, 0.15) is 29.0 Å². The first kappa shape index (κ1) is 16.5. The number of nitrogens with zero attached hydrogens (tertiary/aromatic N) is 1. The number of alkyl halides is 3. The van der Waals surface area contributed by atoms with Gasteiger partial charge in [-0.15, -0.1) is 0 Å². The van der Waals surface area contributed by atoms with Crippen LogP contribution in [0.5, 0.6) is 0 Å². The number of rotatable bonds is 1. The summed E-state index contributed by atoms with van der Waals surface area (Å²) in [4.78, 5) is 24.3. The average Bonchev–Trinajstić information content (AvgIpc) is 2.95. The largest absolute Gasteiger partial charge is 0.480 e. The molecule has 0 spiro atoms. The number of carboxylic acid groups (broad SMARTS) is 1. The zero-order chi connectivity index (χ0) is 17.8. The van der Waals surface area contributed by atoms with Gasteiger partial charge in [0.1, 0.15) is 6.04 Å². The third kappa shape index (κ3) is 2.30. The first-order valence-electron chi connectivity index (χ1n) is 7.54. The molecular weight excluding hydrogens is 323 g/mol. The van der Waals surface area contributed by atoms with E-state index in [1.54, 1.807) is 32.1 Å². The van der Waals surface area contributed by atoms with Crippen LogP contribution in [0.25, 0.3) is 0 Å². The summed E-state index contributed by atoms with van der Waals surface area (Å²) in [5, 5.41) is 9.57. The molecule has 2 aliphatic rings.